The van der Waals surface area contributed by atoms with Crippen molar-refractivity contribution >= 4 is 94.2 Å². The van der Waals surface area contributed by atoms with E-state index in [1.807, 2.05) is 54.2 Å². The summed E-state index contributed by atoms with van der Waals surface area (Å²) in [5.41, 5.74) is 5.25. The quantitative estimate of drug-likeness (QED) is 0.0925. The number of aromatic amines is 1. The zero-order valence-electron chi connectivity index (χ0n) is 27.6. The fraction of sp³-hybridized carbons (Fsp3) is 0.367. The van der Waals surface area contributed by atoms with Gasteiger partial charge in [-0.3, -0.25) is 14.1 Å². The zero-order chi connectivity index (χ0) is 36.9. The van der Waals surface area contributed by atoms with Crippen molar-refractivity contribution in [3.05, 3.63) is 60.3 Å². The van der Waals surface area contributed by atoms with Crippen LogP contribution in [0.5, 0.6) is 0 Å². The number of anilines is 3. The first-order valence-corrected chi connectivity index (χ1v) is 21.3. The van der Waals surface area contributed by atoms with Crippen molar-refractivity contribution < 1.29 is 35.5 Å². The summed E-state index contributed by atoms with van der Waals surface area (Å²) in [6.07, 6.45) is 7.94. The summed E-state index contributed by atoms with van der Waals surface area (Å²) in [6, 6.07) is 14.9. The molecular formula is C30H40Cl2N6O8S3. The van der Waals surface area contributed by atoms with E-state index >= 15 is 0 Å². The van der Waals surface area contributed by atoms with Gasteiger partial charge in [-0.1, -0.05) is 0 Å². The molecule has 2 aromatic heterocycles. The Labute approximate surface area is 299 Å². The van der Waals surface area contributed by atoms with Crippen LogP contribution in [-0.2, 0) is 43.0 Å². The van der Waals surface area contributed by atoms with E-state index in [-0.39, 0.29) is 22.7 Å². The van der Waals surface area contributed by atoms with Crippen molar-refractivity contribution in [1.29, 1.82) is 0 Å². The molecule has 19 heteroatoms. The van der Waals surface area contributed by atoms with Gasteiger partial charge in [0.15, 0.2) is 5.82 Å². The summed E-state index contributed by atoms with van der Waals surface area (Å²) in [5, 5.41) is 5.92. The summed E-state index contributed by atoms with van der Waals surface area (Å²) < 4.78 is 55.0. The first kappa shape index (κ1) is 41.8. The molecule has 4 N–H and O–H groups in total. The van der Waals surface area contributed by atoms with Gasteiger partial charge < -0.3 is 29.6 Å². The van der Waals surface area contributed by atoms with Crippen LogP contribution in [0.25, 0.3) is 22.6 Å². The third-order valence-corrected chi connectivity index (χ3v) is 7.57. The van der Waals surface area contributed by atoms with E-state index < -0.39 is 20.2 Å². The van der Waals surface area contributed by atoms with Gasteiger partial charge in [0.2, 0.25) is 5.91 Å². The summed E-state index contributed by atoms with van der Waals surface area (Å²) in [6.45, 7) is 1.40. The molecule has 0 saturated heterocycles. The van der Waals surface area contributed by atoms with Gasteiger partial charge in [0.1, 0.15) is 5.75 Å². The van der Waals surface area contributed by atoms with E-state index in [2.05, 4.69) is 33.0 Å². The monoisotopic (exact) mass is 778 g/mol. The molecule has 49 heavy (non-hydrogen) atoms. The van der Waals surface area contributed by atoms with Gasteiger partial charge in [-0.2, -0.15) is 8.42 Å². The van der Waals surface area contributed by atoms with Crippen LogP contribution >= 0.6 is 23.2 Å². The maximum absolute atomic E-state index is 13.0. The van der Waals surface area contributed by atoms with Crippen LogP contribution in [-0.4, -0.2) is 108 Å². The van der Waals surface area contributed by atoms with E-state index in [1.165, 1.54) is 0 Å². The highest BCUT2D eigenvalue weighted by Crippen LogP contribution is 2.26. The third kappa shape index (κ3) is 16.3. The second-order valence-electron chi connectivity index (χ2n) is 10.8. The van der Waals surface area contributed by atoms with E-state index in [0.717, 1.165) is 33.9 Å². The van der Waals surface area contributed by atoms with Crippen LogP contribution in [0.4, 0.5) is 17.1 Å². The minimum atomic E-state index is -3.92. The van der Waals surface area contributed by atoms with Crippen LogP contribution in [0.1, 0.15) is 16.8 Å². The molecule has 4 rings (SSSR count). The normalized spacial score (nSPS) is 11.3. The Balaban J connectivity index is 0.000000730. The average molecular weight is 780 g/mol. The number of amides is 2. The van der Waals surface area contributed by atoms with Crippen LogP contribution in [0.3, 0.4) is 0 Å². The maximum atomic E-state index is 13.0. The maximum Gasteiger partial charge on any atom is 0.261 e. The number of nitrogens with zero attached hydrogens (tertiary/aromatic N) is 3. The van der Waals surface area contributed by atoms with E-state index in [0.29, 0.717) is 60.9 Å². The topological polar surface area (TPSA) is 207 Å². The predicted molar refractivity (Wildman–Crippen MR) is 199 cm³/mol. The first-order valence-electron chi connectivity index (χ1n) is 14.4. The predicted octanol–water partition coefficient (Wildman–Crippen LogP) is 3.98. The molecule has 2 amide bonds. The Morgan fingerprint density at radius 1 is 0.980 bits per heavy atom. The molecule has 0 saturated carbocycles. The summed E-state index contributed by atoms with van der Waals surface area (Å²) >= 11 is 11.8. The summed E-state index contributed by atoms with van der Waals surface area (Å²) in [5.74, 6) is 2.33. The standard InChI is InChI=1S/C28H32Cl2N6O2S.2CH4O3S/c1-35-18-21(31-26(37)10-15-39(2)3)17-25(35)27-33-23-9-4-19(16-24(23)34-27)28(38)32-20-5-7-22(8-6-20)36(13-11-29)14-12-30;2*1-5(2,3)4/h4-9,16-18H,10-15H2,1-3H3,(H2-,31,32,33,34,37,38);2*1H3,(H,2,3,4). The highest BCUT2D eigenvalue weighted by molar-refractivity contribution is 7.95. The molecule has 0 spiro atoms. The molecule has 14 nitrogen and oxygen atoms in total. The Hall–Kier alpha value is -3.32. The highest BCUT2D eigenvalue weighted by Gasteiger charge is 2.15. The average Bonchev–Trinajstić information content (AvgIpc) is 3.56. The zero-order valence-corrected chi connectivity index (χ0v) is 31.5. The van der Waals surface area contributed by atoms with Gasteiger partial charge >= 0.3 is 0 Å². The smallest absolute Gasteiger partial charge is 0.261 e. The number of H-pyrrole nitrogens is 1. The number of hydrogen-bond donors (Lipinski definition) is 4. The lowest BCUT2D eigenvalue weighted by Crippen LogP contribution is -2.27. The van der Waals surface area contributed by atoms with Crippen molar-refractivity contribution in [2.75, 3.05) is 71.2 Å². The highest BCUT2D eigenvalue weighted by atomic mass is 35.5. The largest absolute Gasteiger partial charge is 0.748 e. The number of aromatic nitrogens is 3. The van der Waals surface area contributed by atoms with E-state index in [4.69, 9.17) is 45.7 Å². The van der Waals surface area contributed by atoms with Crippen LogP contribution < -0.4 is 15.5 Å². The summed E-state index contributed by atoms with van der Waals surface area (Å²) in [7, 11) is -5.45. The van der Waals surface area contributed by atoms with Gasteiger partial charge in [-0.25, -0.2) is 13.4 Å². The molecule has 2 aromatic carbocycles. The molecular weight excluding hydrogens is 739 g/mol. The molecule has 0 fully saturated rings. The number of alkyl halides is 2. The lowest BCUT2D eigenvalue weighted by molar-refractivity contribution is -0.115. The fourth-order valence-electron chi connectivity index (χ4n) is 4.19. The van der Waals surface area contributed by atoms with Crippen molar-refractivity contribution in [2.24, 2.45) is 7.05 Å². The number of fused-ring (bicyclic) bond motifs is 1. The molecule has 270 valence electrons. The molecule has 0 atom stereocenters. The van der Waals surface area contributed by atoms with Crippen LogP contribution in [0.2, 0.25) is 0 Å². The lowest BCUT2D eigenvalue weighted by atomic mass is 10.2. The number of aryl methyl sites for hydroxylation is 1. The minimum absolute atomic E-state index is 0.00564. The van der Waals surface area contributed by atoms with Crippen molar-refractivity contribution in [3.8, 4) is 11.5 Å². The first-order chi connectivity index (χ1) is 22.8. The Morgan fingerprint density at radius 3 is 2.08 bits per heavy atom. The Bertz CT molecular complexity index is 1860. The lowest BCUT2D eigenvalue weighted by Gasteiger charge is -2.23. The van der Waals surface area contributed by atoms with Gasteiger partial charge in [-0.05, 0) is 59.4 Å². The number of imidazole rings is 1. The van der Waals surface area contributed by atoms with Crippen LogP contribution in [0.15, 0.2) is 54.7 Å². The minimum Gasteiger partial charge on any atom is -0.748 e. The molecule has 0 aliphatic rings. The molecule has 0 aliphatic carbocycles. The third-order valence-electron chi connectivity index (χ3n) is 6.21. The molecule has 0 radical (unpaired) electrons. The Kier molecular flexibility index (Phi) is 16.4. The van der Waals surface area contributed by atoms with Gasteiger partial charge in [0.25, 0.3) is 16.0 Å². The number of halogens is 2. The molecule has 0 aliphatic heterocycles. The van der Waals surface area contributed by atoms with Gasteiger partial charge in [0, 0.05) is 61.3 Å². The number of rotatable bonds is 12. The number of carbonyl (C=O) groups is 2. The Morgan fingerprint density at radius 2 is 1.55 bits per heavy atom. The van der Waals surface area contributed by atoms with Gasteiger partial charge in [0.05, 0.1) is 57.7 Å². The SMILES string of the molecule is CS(=O)(=O)O.CS(=O)(=O)[O-].Cn1cc(NC(=O)CC[S+](C)C)cc1-c1nc2ccc(C(=O)Nc3ccc(N(CCCl)CCCl)cc3)cc2[nH]1. The molecule has 0 unspecified atom stereocenters. The number of carbonyl (C=O) groups excluding carboxylic acids is 2. The van der Waals surface area contributed by atoms with E-state index in [9.17, 15) is 18.0 Å². The molecule has 0 bridgehead atoms. The number of hydrogen-bond acceptors (Lipinski definition) is 9. The van der Waals surface area contributed by atoms with Crippen LogP contribution in [0, 0.1) is 0 Å². The number of benzene rings is 2. The van der Waals surface area contributed by atoms with Crippen molar-refractivity contribution in [1.82, 2.24) is 14.5 Å². The number of nitrogens with one attached hydrogen (secondary N) is 3. The van der Waals surface area contributed by atoms with Gasteiger partial charge in [-0.15, -0.1) is 23.2 Å². The van der Waals surface area contributed by atoms with E-state index in [1.54, 1.807) is 12.1 Å². The van der Waals surface area contributed by atoms with Crippen molar-refractivity contribution in [2.45, 2.75) is 6.42 Å². The molecule has 4 aromatic rings. The fourth-order valence-corrected chi connectivity index (χ4v) is 5.20. The molecule has 2 heterocycles. The van der Waals surface area contributed by atoms with Crippen molar-refractivity contribution in [3.63, 3.8) is 0 Å². The second kappa shape index (κ2) is 19.2. The summed E-state index contributed by atoms with van der Waals surface area (Å²) in [4.78, 5) is 35.3. The second-order valence-corrected chi connectivity index (χ2v) is 16.8.